The molecule has 1 aromatic carbocycles. The number of fused-ring (bicyclic) bond motifs is 1. The van der Waals surface area contributed by atoms with Gasteiger partial charge in [0.2, 0.25) is 0 Å². The lowest BCUT2D eigenvalue weighted by Crippen LogP contribution is -1.93. The number of halogens is 1. The Morgan fingerprint density at radius 1 is 1.18 bits per heavy atom. The molecule has 0 atom stereocenters. The van der Waals surface area contributed by atoms with Crippen molar-refractivity contribution in [2.75, 3.05) is 5.73 Å². The summed E-state index contributed by atoms with van der Waals surface area (Å²) in [5.41, 5.74) is 6.35. The first-order chi connectivity index (χ1) is 8.22. The van der Waals surface area contributed by atoms with Crippen LogP contribution in [0.3, 0.4) is 0 Å². The molecule has 0 saturated carbocycles. The van der Waals surface area contributed by atoms with Crippen molar-refractivity contribution in [1.82, 2.24) is 9.97 Å². The van der Waals surface area contributed by atoms with E-state index in [9.17, 15) is 0 Å². The van der Waals surface area contributed by atoms with Gasteiger partial charge in [0, 0.05) is 16.6 Å². The molecular weight excluding hydrogens is 238 g/mol. The molecule has 0 aliphatic rings. The molecule has 3 rings (SSSR count). The minimum absolute atomic E-state index is 0.411. The van der Waals surface area contributed by atoms with E-state index in [1.165, 1.54) is 0 Å². The van der Waals surface area contributed by atoms with Crippen molar-refractivity contribution in [3.8, 4) is 11.6 Å². The number of nitrogens with zero attached hydrogens (tertiary/aromatic N) is 2. The van der Waals surface area contributed by atoms with Crippen LogP contribution in [0.5, 0.6) is 0 Å². The second-order valence-electron chi connectivity index (χ2n) is 3.60. The topological polar surface area (TPSA) is 64.9 Å². The fourth-order valence-electron chi connectivity index (χ4n) is 1.62. The van der Waals surface area contributed by atoms with Gasteiger partial charge in [0.15, 0.2) is 11.6 Å². The van der Waals surface area contributed by atoms with Crippen molar-refractivity contribution in [2.45, 2.75) is 0 Å². The number of furan rings is 1. The van der Waals surface area contributed by atoms with Gasteiger partial charge in [-0.05, 0) is 30.3 Å². The van der Waals surface area contributed by atoms with Gasteiger partial charge in [-0.1, -0.05) is 11.6 Å². The van der Waals surface area contributed by atoms with E-state index >= 15 is 0 Å². The van der Waals surface area contributed by atoms with Crippen LogP contribution >= 0.6 is 11.6 Å². The van der Waals surface area contributed by atoms with Gasteiger partial charge in [-0.2, -0.15) is 0 Å². The van der Waals surface area contributed by atoms with E-state index in [1.54, 1.807) is 18.3 Å². The molecule has 0 unspecified atom stereocenters. The molecule has 2 heterocycles. The van der Waals surface area contributed by atoms with Crippen LogP contribution in [-0.4, -0.2) is 9.97 Å². The van der Waals surface area contributed by atoms with Crippen LogP contribution in [-0.2, 0) is 0 Å². The third-order valence-corrected chi connectivity index (χ3v) is 2.61. The van der Waals surface area contributed by atoms with E-state index in [4.69, 9.17) is 21.8 Å². The molecule has 17 heavy (non-hydrogen) atoms. The van der Waals surface area contributed by atoms with Crippen LogP contribution in [0.4, 0.5) is 5.82 Å². The van der Waals surface area contributed by atoms with Crippen molar-refractivity contribution in [2.24, 2.45) is 0 Å². The van der Waals surface area contributed by atoms with E-state index in [-0.39, 0.29) is 0 Å². The zero-order valence-electron chi connectivity index (χ0n) is 8.72. The van der Waals surface area contributed by atoms with Gasteiger partial charge < -0.3 is 10.2 Å². The fourth-order valence-corrected chi connectivity index (χ4v) is 1.80. The number of benzene rings is 1. The van der Waals surface area contributed by atoms with E-state index in [0.717, 1.165) is 11.0 Å². The highest BCUT2D eigenvalue weighted by atomic mass is 35.5. The van der Waals surface area contributed by atoms with Crippen LogP contribution in [0.25, 0.3) is 22.6 Å². The molecule has 0 saturated heterocycles. The number of nitrogens with two attached hydrogens (primary N) is 1. The lowest BCUT2D eigenvalue weighted by Gasteiger charge is -1.95. The second-order valence-corrected chi connectivity index (χ2v) is 4.03. The predicted molar refractivity (Wildman–Crippen MR) is 66.7 cm³/mol. The molecule has 5 heteroatoms. The average molecular weight is 246 g/mol. The first-order valence-corrected chi connectivity index (χ1v) is 5.38. The summed E-state index contributed by atoms with van der Waals surface area (Å²) >= 11 is 5.91. The van der Waals surface area contributed by atoms with E-state index in [0.29, 0.717) is 22.4 Å². The van der Waals surface area contributed by atoms with E-state index < -0.39 is 0 Å². The van der Waals surface area contributed by atoms with Crippen LogP contribution in [0.2, 0.25) is 5.02 Å². The molecule has 0 radical (unpaired) electrons. The second kappa shape index (κ2) is 3.75. The standard InChI is InChI=1S/C12H8ClN3O/c13-8-1-2-9-7(5-8)6-10(17-9)12-15-4-3-11(14)16-12/h1-6H,(H2,14,15,16). The van der Waals surface area contributed by atoms with Crippen molar-refractivity contribution in [3.05, 3.63) is 41.6 Å². The summed E-state index contributed by atoms with van der Waals surface area (Å²) in [4.78, 5) is 8.21. The minimum Gasteiger partial charge on any atom is -0.453 e. The highest BCUT2D eigenvalue weighted by Crippen LogP contribution is 2.27. The van der Waals surface area contributed by atoms with Gasteiger partial charge >= 0.3 is 0 Å². The Morgan fingerprint density at radius 2 is 2.06 bits per heavy atom. The summed E-state index contributed by atoms with van der Waals surface area (Å²) in [7, 11) is 0. The van der Waals surface area contributed by atoms with Gasteiger partial charge in [0.25, 0.3) is 0 Å². The summed E-state index contributed by atoms with van der Waals surface area (Å²) in [5.74, 6) is 1.46. The van der Waals surface area contributed by atoms with Crippen LogP contribution in [0.1, 0.15) is 0 Å². The first kappa shape index (κ1) is 10.1. The Bertz CT molecular complexity index is 693. The molecule has 0 bridgehead atoms. The molecule has 2 N–H and O–H groups in total. The Kier molecular flexibility index (Phi) is 2.23. The third kappa shape index (κ3) is 1.83. The Morgan fingerprint density at radius 3 is 2.88 bits per heavy atom. The van der Waals surface area contributed by atoms with Crippen LogP contribution in [0.15, 0.2) is 40.9 Å². The molecular formula is C12H8ClN3O. The average Bonchev–Trinajstić information content (AvgIpc) is 2.72. The van der Waals surface area contributed by atoms with Gasteiger partial charge in [-0.15, -0.1) is 0 Å². The summed E-state index contributed by atoms with van der Waals surface area (Å²) in [6.07, 6.45) is 1.60. The zero-order valence-corrected chi connectivity index (χ0v) is 9.48. The molecule has 4 nitrogen and oxygen atoms in total. The highest BCUT2D eigenvalue weighted by Gasteiger charge is 2.09. The van der Waals surface area contributed by atoms with Gasteiger partial charge in [0.05, 0.1) is 0 Å². The Labute approximate surface area is 102 Å². The molecule has 84 valence electrons. The quantitative estimate of drug-likeness (QED) is 0.715. The number of anilines is 1. The van der Waals surface area contributed by atoms with Gasteiger partial charge in [0.1, 0.15) is 11.4 Å². The maximum absolute atomic E-state index is 5.91. The lowest BCUT2D eigenvalue weighted by molar-refractivity contribution is 0.625. The number of hydrogen-bond acceptors (Lipinski definition) is 4. The SMILES string of the molecule is Nc1ccnc(-c2cc3cc(Cl)ccc3o2)n1. The summed E-state index contributed by atoms with van der Waals surface area (Å²) in [6.45, 7) is 0. The smallest absolute Gasteiger partial charge is 0.197 e. The minimum atomic E-state index is 0.411. The number of aromatic nitrogens is 2. The molecule has 0 fully saturated rings. The van der Waals surface area contributed by atoms with Gasteiger partial charge in [-0.3, -0.25) is 0 Å². The zero-order chi connectivity index (χ0) is 11.8. The largest absolute Gasteiger partial charge is 0.453 e. The summed E-state index contributed by atoms with van der Waals surface area (Å²) in [5, 5.41) is 1.58. The third-order valence-electron chi connectivity index (χ3n) is 2.38. The van der Waals surface area contributed by atoms with Crippen molar-refractivity contribution >= 4 is 28.4 Å². The predicted octanol–water partition coefficient (Wildman–Crippen LogP) is 3.13. The van der Waals surface area contributed by atoms with Gasteiger partial charge in [-0.25, -0.2) is 9.97 Å². The Hall–Kier alpha value is -2.07. The molecule has 0 aliphatic carbocycles. The maximum atomic E-state index is 5.91. The maximum Gasteiger partial charge on any atom is 0.197 e. The number of nitrogen functional groups attached to an aromatic ring is 1. The molecule has 0 aliphatic heterocycles. The lowest BCUT2D eigenvalue weighted by atomic mass is 10.2. The first-order valence-electron chi connectivity index (χ1n) is 5.00. The van der Waals surface area contributed by atoms with E-state index in [1.807, 2.05) is 18.2 Å². The van der Waals surface area contributed by atoms with Crippen molar-refractivity contribution in [1.29, 1.82) is 0 Å². The van der Waals surface area contributed by atoms with Crippen molar-refractivity contribution in [3.63, 3.8) is 0 Å². The van der Waals surface area contributed by atoms with Crippen LogP contribution < -0.4 is 5.73 Å². The monoisotopic (exact) mass is 245 g/mol. The Balaban J connectivity index is 2.18. The fraction of sp³-hybridized carbons (Fsp3) is 0. The van der Waals surface area contributed by atoms with Crippen molar-refractivity contribution < 1.29 is 4.42 Å². The molecule has 0 amide bonds. The van der Waals surface area contributed by atoms with Crippen LogP contribution in [0, 0.1) is 0 Å². The number of hydrogen-bond donors (Lipinski definition) is 1. The molecule has 2 aromatic heterocycles. The van der Waals surface area contributed by atoms with E-state index in [2.05, 4.69) is 9.97 Å². The summed E-state index contributed by atoms with van der Waals surface area (Å²) < 4.78 is 5.62. The highest BCUT2D eigenvalue weighted by molar-refractivity contribution is 6.31. The molecule has 0 spiro atoms. The summed E-state index contributed by atoms with van der Waals surface area (Å²) in [6, 6.07) is 8.89. The molecule has 3 aromatic rings. The number of rotatable bonds is 1. The normalized spacial score (nSPS) is 10.9.